The Kier molecular flexibility index (Phi) is 6.88. The lowest BCUT2D eigenvalue weighted by atomic mass is 10.1. The van der Waals surface area contributed by atoms with E-state index in [-0.39, 0.29) is 36.9 Å². The Morgan fingerprint density at radius 2 is 1.81 bits per heavy atom. The van der Waals surface area contributed by atoms with Crippen LogP contribution in [0, 0.1) is 11.3 Å². The minimum atomic E-state index is -4.48. The minimum Gasteiger partial charge on any atom is -0.457 e. The fourth-order valence-corrected chi connectivity index (χ4v) is 2.90. The van der Waals surface area contributed by atoms with E-state index in [2.05, 4.69) is 4.98 Å². The lowest BCUT2D eigenvalue weighted by Gasteiger charge is -2.22. The maximum atomic E-state index is 13.0. The summed E-state index contributed by atoms with van der Waals surface area (Å²) >= 11 is 0. The molecule has 158 valence electrons. The third-order valence-electron chi connectivity index (χ3n) is 4.36. The molecule has 0 spiro atoms. The van der Waals surface area contributed by atoms with Crippen LogP contribution in [0.3, 0.4) is 0 Å². The Bertz CT molecular complexity index is 1080. The number of amides is 1. The zero-order chi connectivity index (χ0) is 22.3. The molecule has 2 aromatic carbocycles. The number of nitriles is 1. The number of aromatic nitrogens is 1. The molecule has 0 N–H and O–H groups in total. The molecule has 0 saturated heterocycles. The summed E-state index contributed by atoms with van der Waals surface area (Å²) < 4.78 is 44.3. The van der Waals surface area contributed by atoms with E-state index in [0.717, 1.165) is 17.7 Å². The highest BCUT2D eigenvalue weighted by Crippen LogP contribution is 2.32. The average molecular weight is 425 g/mol. The first-order valence-electron chi connectivity index (χ1n) is 9.37. The van der Waals surface area contributed by atoms with Crippen molar-refractivity contribution in [1.29, 1.82) is 5.26 Å². The summed E-state index contributed by atoms with van der Waals surface area (Å²) in [4.78, 5) is 18.6. The van der Waals surface area contributed by atoms with Gasteiger partial charge in [-0.25, -0.2) is 0 Å². The molecule has 0 bridgehead atoms. The molecule has 0 aliphatic carbocycles. The number of nitrogens with zero attached hydrogens (tertiary/aromatic N) is 3. The first-order chi connectivity index (χ1) is 14.9. The van der Waals surface area contributed by atoms with Gasteiger partial charge in [-0.1, -0.05) is 18.2 Å². The summed E-state index contributed by atoms with van der Waals surface area (Å²) in [6.07, 6.45) is -1.06. The van der Waals surface area contributed by atoms with Gasteiger partial charge in [-0.15, -0.1) is 0 Å². The molecule has 0 unspecified atom stereocenters. The topological polar surface area (TPSA) is 66.2 Å². The van der Waals surface area contributed by atoms with Crippen LogP contribution in [0.1, 0.15) is 27.9 Å². The van der Waals surface area contributed by atoms with Crippen molar-refractivity contribution in [2.45, 2.75) is 19.1 Å². The Morgan fingerprint density at radius 1 is 1.06 bits per heavy atom. The second-order valence-electron chi connectivity index (χ2n) is 6.65. The van der Waals surface area contributed by atoms with Gasteiger partial charge in [-0.05, 0) is 48.0 Å². The van der Waals surface area contributed by atoms with E-state index in [0.29, 0.717) is 5.56 Å². The number of carbonyl (C=O) groups excluding carboxylic acids is 1. The van der Waals surface area contributed by atoms with Gasteiger partial charge >= 0.3 is 6.18 Å². The lowest BCUT2D eigenvalue weighted by Crippen LogP contribution is -2.31. The minimum absolute atomic E-state index is 0.0103. The largest absolute Gasteiger partial charge is 0.457 e. The van der Waals surface area contributed by atoms with Crippen LogP contribution < -0.4 is 4.74 Å². The third-order valence-corrected chi connectivity index (χ3v) is 4.36. The van der Waals surface area contributed by atoms with Gasteiger partial charge in [0.2, 0.25) is 0 Å². The van der Waals surface area contributed by atoms with Gasteiger partial charge in [-0.3, -0.25) is 9.78 Å². The van der Waals surface area contributed by atoms with Gasteiger partial charge in [0.15, 0.2) is 0 Å². The Hall–Kier alpha value is -3.86. The van der Waals surface area contributed by atoms with Crippen LogP contribution in [0.5, 0.6) is 11.5 Å². The second kappa shape index (κ2) is 9.76. The third kappa shape index (κ3) is 6.06. The molecule has 0 aliphatic rings. The highest BCUT2D eigenvalue weighted by Gasteiger charge is 2.30. The number of alkyl halides is 3. The molecule has 0 saturated carbocycles. The smallest absolute Gasteiger partial charge is 0.416 e. The van der Waals surface area contributed by atoms with E-state index in [1.165, 1.54) is 23.1 Å². The predicted octanol–water partition coefficient (Wildman–Crippen LogP) is 5.45. The number of ether oxygens (including phenoxy) is 1. The van der Waals surface area contributed by atoms with Crippen molar-refractivity contribution in [3.8, 4) is 17.6 Å². The number of pyridine rings is 1. The van der Waals surface area contributed by atoms with Gasteiger partial charge in [0.25, 0.3) is 5.91 Å². The summed E-state index contributed by atoms with van der Waals surface area (Å²) in [7, 11) is 0. The van der Waals surface area contributed by atoms with Crippen molar-refractivity contribution in [1.82, 2.24) is 9.88 Å². The molecule has 0 radical (unpaired) electrons. The van der Waals surface area contributed by atoms with Crippen molar-refractivity contribution in [2.24, 2.45) is 0 Å². The van der Waals surface area contributed by atoms with E-state index in [1.54, 1.807) is 36.7 Å². The van der Waals surface area contributed by atoms with Gasteiger partial charge in [0.1, 0.15) is 11.5 Å². The molecule has 31 heavy (non-hydrogen) atoms. The number of benzene rings is 2. The molecule has 3 aromatic rings. The number of hydrogen-bond acceptors (Lipinski definition) is 4. The average Bonchev–Trinajstić information content (AvgIpc) is 2.76. The fourth-order valence-electron chi connectivity index (χ4n) is 2.90. The molecular formula is C23H18F3N3O2. The van der Waals surface area contributed by atoms with E-state index in [1.807, 2.05) is 12.1 Å². The number of hydrogen-bond donors (Lipinski definition) is 0. The molecule has 8 heteroatoms. The van der Waals surface area contributed by atoms with Gasteiger partial charge in [-0.2, -0.15) is 18.4 Å². The van der Waals surface area contributed by atoms with Gasteiger partial charge < -0.3 is 9.64 Å². The number of carbonyl (C=O) groups is 1. The standard InChI is InChI=1S/C23H18F3N3O2/c24-23(25,26)19-7-2-9-21(14-19)31-20-8-1-6-18(13-20)22(30)29(12-4-10-27)16-17-5-3-11-28-15-17/h1-3,5-9,11,13-15H,4,12,16H2. The molecule has 0 aliphatic heterocycles. The second-order valence-corrected chi connectivity index (χ2v) is 6.65. The predicted molar refractivity (Wildman–Crippen MR) is 107 cm³/mol. The fraction of sp³-hybridized carbons (Fsp3) is 0.174. The zero-order valence-electron chi connectivity index (χ0n) is 16.3. The maximum absolute atomic E-state index is 13.0. The van der Waals surface area contributed by atoms with Crippen molar-refractivity contribution < 1.29 is 22.7 Å². The molecule has 3 rings (SSSR count). The van der Waals surface area contributed by atoms with E-state index < -0.39 is 11.7 Å². The Balaban J connectivity index is 1.80. The first kappa shape index (κ1) is 21.8. The summed E-state index contributed by atoms with van der Waals surface area (Å²) in [5.74, 6) is -0.0866. The van der Waals surface area contributed by atoms with Crippen molar-refractivity contribution in [3.05, 3.63) is 89.7 Å². The van der Waals surface area contributed by atoms with E-state index >= 15 is 0 Å². The van der Waals surface area contributed by atoms with E-state index in [9.17, 15) is 18.0 Å². The van der Waals surface area contributed by atoms with Gasteiger partial charge in [0.05, 0.1) is 18.1 Å². The molecule has 5 nitrogen and oxygen atoms in total. The lowest BCUT2D eigenvalue weighted by molar-refractivity contribution is -0.137. The van der Waals surface area contributed by atoms with Crippen molar-refractivity contribution in [2.75, 3.05) is 6.54 Å². The van der Waals surface area contributed by atoms with Crippen molar-refractivity contribution >= 4 is 5.91 Å². The summed E-state index contributed by atoms with van der Waals surface area (Å²) in [6.45, 7) is 0.496. The molecule has 0 fully saturated rings. The monoisotopic (exact) mass is 425 g/mol. The summed E-state index contributed by atoms with van der Waals surface area (Å²) in [6, 6.07) is 16.3. The zero-order valence-corrected chi connectivity index (χ0v) is 16.3. The molecule has 1 aromatic heterocycles. The molecular weight excluding hydrogens is 407 g/mol. The van der Waals surface area contributed by atoms with Crippen LogP contribution in [-0.2, 0) is 12.7 Å². The van der Waals surface area contributed by atoms with Crippen LogP contribution in [0.4, 0.5) is 13.2 Å². The molecule has 0 atom stereocenters. The number of halogens is 3. The summed E-state index contributed by atoms with van der Waals surface area (Å²) in [5, 5.41) is 8.92. The highest BCUT2D eigenvalue weighted by atomic mass is 19.4. The molecule has 1 heterocycles. The van der Waals surface area contributed by atoms with Crippen LogP contribution >= 0.6 is 0 Å². The van der Waals surface area contributed by atoms with Crippen LogP contribution in [0.2, 0.25) is 0 Å². The van der Waals surface area contributed by atoms with Gasteiger partial charge in [0, 0.05) is 31.0 Å². The highest BCUT2D eigenvalue weighted by molar-refractivity contribution is 5.94. The maximum Gasteiger partial charge on any atom is 0.416 e. The Labute approximate surface area is 177 Å². The van der Waals surface area contributed by atoms with Crippen LogP contribution in [-0.4, -0.2) is 22.3 Å². The van der Waals surface area contributed by atoms with Crippen LogP contribution in [0.25, 0.3) is 0 Å². The Morgan fingerprint density at radius 3 is 2.48 bits per heavy atom. The SMILES string of the molecule is N#CCCN(Cc1cccnc1)C(=O)c1cccc(Oc2cccc(C(F)(F)F)c2)c1. The summed E-state index contributed by atoms with van der Waals surface area (Å²) in [5.41, 5.74) is 0.285. The quantitative estimate of drug-likeness (QED) is 0.505. The normalized spacial score (nSPS) is 10.9. The van der Waals surface area contributed by atoms with Crippen molar-refractivity contribution in [3.63, 3.8) is 0 Å². The number of rotatable bonds is 7. The van der Waals surface area contributed by atoms with Crippen LogP contribution in [0.15, 0.2) is 73.1 Å². The first-order valence-corrected chi connectivity index (χ1v) is 9.37. The molecule has 1 amide bonds. The van der Waals surface area contributed by atoms with E-state index in [4.69, 9.17) is 10.00 Å².